The van der Waals surface area contributed by atoms with Gasteiger partial charge in [-0.05, 0) is 6.07 Å². The zero-order valence-electron chi connectivity index (χ0n) is 6.68. The van der Waals surface area contributed by atoms with E-state index in [9.17, 15) is 18.5 Å². The first-order valence-corrected chi connectivity index (χ1v) is 5.61. The molecule has 0 aliphatic rings. The number of nitrogens with zero attached hydrogens (tertiary/aromatic N) is 1. The minimum atomic E-state index is -3.99. The van der Waals surface area contributed by atoms with Crippen molar-refractivity contribution in [3.63, 3.8) is 0 Å². The normalized spacial score (nSPS) is 11.2. The van der Waals surface area contributed by atoms with Gasteiger partial charge >= 0.3 is 0 Å². The van der Waals surface area contributed by atoms with Gasteiger partial charge in [-0.1, -0.05) is 0 Å². The summed E-state index contributed by atoms with van der Waals surface area (Å²) < 4.78 is 21.7. The molecule has 0 bridgehead atoms. The van der Waals surface area contributed by atoms with Crippen LogP contribution in [0.15, 0.2) is 23.1 Å². The third-order valence-corrected chi connectivity index (χ3v) is 2.74. The average molecular weight is 237 g/mol. The lowest BCUT2D eigenvalue weighted by Gasteiger charge is -1.98. The summed E-state index contributed by atoms with van der Waals surface area (Å²) in [6.07, 6.45) is 0. The molecule has 2 N–H and O–H groups in total. The molecule has 0 radical (unpaired) electrons. The molecule has 0 aromatic heterocycles. The number of benzene rings is 1. The van der Waals surface area contributed by atoms with E-state index in [0.29, 0.717) is 0 Å². The first-order valence-electron chi connectivity index (χ1n) is 3.30. The summed E-state index contributed by atoms with van der Waals surface area (Å²) in [7, 11) is 1.01. The SMILES string of the molecule is Nc1cc([N+](=O)[O-])cc(S(=O)(=O)Cl)c1. The number of hydrogen-bond acceptors (Lipinski definition) is 5. The van der Waals surface area contributed by atoms with Crippen LogP contribution >= 0.6 is 10.7 Å². The molecule has 0 saturated carbocycles. The molecular weight excluding hydrogens is 232 g/mol. The van der Waals surface area contributed by atoms with Crippen LogP contribution in [-0.4, -0.2) is 13.3 Å². The molecule has 0 heterocycles. The van der Waals surface area contributed by atoms with Gasteiger partial charge in [-0.15, -0.1) is 0 Å². The van der Waals surface area contributed by atoms with Crippen LogP contribution in [-0.2, 0) is 9.05 Å². The van der Waals surface area contributed by atoms with Crippen LogP contribution in [0.1, 0.15) is 0 Å². The molecular formula is C6H5ClN2O4S. The van der Waals surface area contributed by atoms with Crippen molar-refractivity contribution in [2.24, 2.45) is 0 Å². The molecule has 8 heteroatoms. The van der Waals surface area contributed by atoms with Crippen LogP contribution in [0.5, 0.6) is 0 Å². The fraction of sp³-hybridized carbons (Fsp3) is 0. The van der Waals surface area contributed by atoms with Crippen LogP contribution < -0.4 is 5.73 Å². The monoisotopic (exact) mass is 236 g/mol. The third-order valence-electron chi connectivity index (χ3n) is 1.41. The Morgan fingerprint density at radius 3 is 2.36 bits per heavy atom. The molecule has 1 aromatic carbocycles. The van der Waals surface area contributed by atoms with Crippen molar-refractivity contribution in [3.05, 3.63) is 28.3 Å². The highest BCUT2D eigenvalue weighted by Gasteiger charge is 2.16. The van der Waals surface area contributed by atoms with E-state index >= 15 is 0 Å². The minimum absolute atomic E-state index is 0.0292. The molecule has 0 aliphatic carbocycles. The summed E-state index contributed by atoms with van der Waals surface area (Å²) in [4.78, 5) is 9.21. The van der Waals surface area contributed by atoms with Crippen molar-refractivity contribution < 1.29 is 13.3 Å². The number of nitro groups is 1. The van der Waals surface area contributed by atoms with Crippen molar-refractivity contribution in [1.29, 1.82) is 0 Å². The Morgan fingerprint density at radius 2 is 1.93 bits per heavy atom. The van der Waals surface area contributed by atoms with E-state index in [1.807, 2.05) is 0 Å². The van der Waals surface area contributed by atoms with Gasteiger partial charge in [-0.25, -0.2) is 8.42 Å². The maximum Gasteiger partial charge on any atom is 0.272 e. The van der Waals surface area contributed by atoms with Gasteiger partial charge in [-0.3, -0.25) is 10.1 Å². The summed E-state index contributed by atoms with van der Waals surface area (Å²) in [5.74, 6) is 0. The van der Waals surface area contributed by atoms with Gasteiger partial charge in [0.25, 0.3) is 14.7 Å². The van der Waals surface area contributed by atoms with Gasteiger partial charge in [0.05, 0.1) is 9.82 Å². The second-order valence-corrected chi connectivity index (χ2v) is 5.02. The molecule has 0 amide bonds. The molecule has 1 rings (SSSR count). The van der Waals surface area contributed by atoms with Gasteiger partial charge in [0.2, 0.25) is 0 Å². The Labute approximate surface area is 83.9 Å². The first kappa shape index (κ1) is 10.7. The summed E-state index contributed by atoms with van der Waals surface area (Å²) in [6.45, 7) is 0. The van der Waals surface area contributed by atoms with Crippen molar-refractivity contribution in [1.82, 2.24) is 0 Å². The van der Waals surface area contributed by atoms with Crippen molar-refractivity contribution in [3.8, 4) is 0 Å². The Kier molecular flexibility index (Phi) is 2.63. The van der Waals surface area contributed by atoms with E-state index in [1.54, 1.807) is 0 Å². The van der Waals surface area contributed by atoms with Gasteiger partial charge in [-0.2, -0.15) is 0 Å². The number of nitro benzene ring substituents is 1. The fourth-order valence-electron chi connectivity index (χ4n) is 0.852. The van der Waals surface area contributed by atoms with Crippen molar-refractivity contribution in [2.45, 2.75) is 4.90 Å². The van der Waals surface area contributed by atoms with E-state index in [0.717, 1.165) is 18.2 Å². The predicted molar refractivity (Wildman–Crippen MR) is 50.5 cm³/mol. The number of hydrogen-bond donors (Lipinski definition) is 1. The van der Waals surface area contributed by atoms with Gasteiger partial charge in [0, 0.05) is 28.5 Å². The van der Waals surface area contributed by atoms with Gasteiger partial charge in [0.15, 0.2) is 0 Å². The standard InChI is InChI=1S/C6H5ClN2O4S/c7-14(12,13)6-2-4(8)1-5(3-6)9(10)11/h1-3H,8H2. The summed E-state index contributed by atoms with van der Waals surface area (Å²) >= 11 is 0. The molecule has 6 nitrogen and oxygen atoms in total. The van der Waals surface area contributed by atoms with E-state index < -0.39 is 19.7 Å². The van der Waals surface area contributed by atoms with Crippen LogP contribution in [0.25, 0.3) is 0 Å². The molecule has 0 spiro atoms. The molecule has 0 atom stereocenters. The number of nitrogens with two attached hydrogens (primary N) is 1. The predicted octanol–water partition coefficient (Wildman–Crippen LogP) is 1.10. The fourth-order valence-corrected chi connectivity index (χ4v) is 1.66. The lowest BCUT2D eigenvalue weighted by molar-refractivity contribution is -0.385. The zero-order chi connectivity index (χ0) is 10.9. The summed E-state index contributed by atoms with van der Waals surface area (Å²) in [6, 6.07) is 2.94. The minimum Gasteiger partial charge on any atom is -0.398 e. The highest BCUT2D eigenvalue weighted by atomic mass is 35.7. The molecule has 0 unspecified atom stereocenters. The largest absolute Gasteiger partial charge is 0.398 e. The highest BCUT2D eigenvalue weighted by Crippen LogP contribution is 2.24. The lowest BCUT2D eigenvalue weighted by Crippen LogP contribution is -1.97. The second-order valence-electron chi connectivity index (χ2n) is 2.46. The Bertz CT molecular complexity index is 485. The number of nitrogen functional groups attached to an aromatic ring is 1. The highest BCUT2D eigenvalue weighted by molar-refractivity contribution is 8.13. The number of non-ortho nitro benzene ring substituents is 1. The maximum absolute atomic E-state index is 10.8. The third kappa shape index (κ3) is 2.33. The number of anilines is 1. The number of rotatable bonds is 2. The molecule has 14 heavy (non-hydrogen) atoms. The smallest absolute Gasteiger partial charge is 0.272 e. The molecule has 0 fully saturated rings. The quantitative estimate of drug-likeness (QED) is 0.358. The second kappa shape index (κ2) is 3.43. The van der Waals surface area contributed by atoms with Crippen LogP contribution in [0.2, 0.25) is 0 Å². The van der Waals surface area contributed by atoms with Crippen LogP contribution in [0.4, 0.5) is 11.4 Å². The Balaban J connectivity index is 3.43. The Morgan fingerprint density at radius 1 is 1.36 bits per heavy atom. The molecule has 1 aromatic rings. The molecule has 76 valence electrons. The van der Waals surface area contributed by atoms with Gasteiger partial charge < -0.3 is 5.73 Å². The van der Waals surface area contributed by atoms with E-state index in [4.69, 9.17) is 16.4 Å². The van der Waals surface area contributed by atoms with Crippen LogP contribution in [0, 0.1) is 10.1 Å². The summed E-state index contributed by atoms with van der Waals surface area (Å²) in [5, 5.41) is 10.3. The Hall–Kier alpha value is -1.34. The first-order chi connectivity index (χ1) is 6.30. The topological polar surface area (TPSA) is 103 Å². The van der Waals surface area contributed by atoms with E-state index in [-0.39, 0.29) is 10.6 Å². The van der Waals surface area contributed by atoms with Gasteiger partial charge in [0.1, 0.15) is 0 Å². The zero-order valence-corrected chi connectivity index (χ0v) is 8.25. The van der Waals surface area contributed by atoms with E-state index in [1.165, 1.54) is 0 Å². The van der Waals surface area contributed by atoms with Crippen molar-refractivity contribution >= 4 is 31.1 Å². The molecule has 0 aliphatic heterocycles. The van der Waals surface area contributed by atoms with Crippen LogP contribution in [0.3, 0.4) is 0 Å². The van der Waals surface area contributed by atoms with Crippen molar-refractivity contribution in [2.75, 3.05) is 5.73 Å². The maximum atomic E-state index is 10.8. The number of halogens is 1. The molecule has 0 saturated heterocycles. The van der Waals surface area contributed by atoms with E-state index in [2.05, 4.69) is 0 Å². The summed E-state index contributed by atoms with van der Waals surface area (Å²) in [5.41, 5.74) is 4.82. The average Bonchev–Trinajstić information content (AvgIpc) is 2.01. The lowest BCUT2D eigenvalue weighted by atomic mass is 10.3.